The Hall–Kier alpha value is -1.68. The smallest absolute Gasteiger partial charge is 0.0490 e. The molecule has 0 bridgehead atoms. The van der Waals surface area contributed by atoms with Crippen molar-refractivity contribution in [2.45, 2.75) is 31.7 Å². The molecule has 100 valence electrons. The molecule has 2 atom stereocenters. The van der Waals surface area contributed by atoms with E-state index in [0.717, 1.165) is 6.54 Å². The van der Waals surface area contributed by atoms with Crippen LogP contribution in [0.5, 0.6) is 0 Å². The molecule has 0 radical (unpaired) electrons. The van der Waals surface area contributed by atoms with Gasteiger partial charge in [0.2, 0.25) is 0 Å². The minimum Gasteiger partial charge on any atom is -0.296 e. The van der Waals surface area contributed by atoms with Crippen molar-refractivity contribution >= 4 is 0 Å². The molecule has 0 amide bonds. The second-order valence-electron chi connectivity index (χ2n) is 5.31. The summed E-state index contributed by atoms with van der Waals surface area (Å²) in [7, 11) is 0. The predicted octanol–water partition coefficient (Wildman–Crippen LogP) is 2.75. The molecule has 0 unspecified atom stereocenters. The molecule has 1 aliphatic rings. The van der Waals surface area contributed by atoms with Crippen molar-refractivity contribution < 1.29 is 0 Å². The van der Waals surface area contributed by atoms with Crippen LogP contribution in [-0.4, -0.2) is 33.2 Å². The zero-order chi connectivity index (χ0) is 13.1. The standard InChI is InChI=1S/C15H20N4/c1-12(13-4-2-7-16-10-13)19-9-3-5-14(11-19)15-6-8-17-18-15/h2,4,6-8,10,12,14H,3,5,9,11H2,1H3,(H,17,18)/t12-,14-/m0/s1. The highest BCUT2D eigenvalue weighted by Gasteiger charge is 2.25. The monoisotopic (exact) mass is 256 g/mol. The molecule has 0 aromatic carbocycles. The molecule has 1 N–H and O–H groups in total. The molecule has 3 rings (SSSR count). The number of hydrogen-bond donors (Lipinski definition) is 1. The van der Waals surface area contributed by atoms with Gasteiger partial charge in [0, 0.05) is 42.8 Å². The molecule has 2 aromatic heterocycles. The fraction of sp³-hybridized carbons (Fsp3) is 0.467. The molecule has 4 heteroatoms. The molecule has 1 fully saturated rings. The van der Waals surface area contributed by atoms with Gasteiger partial charge < -0.3 is 0 Å². The van der Waals surface area contributed by atoms with E-state index < -0.39 is 0 Å². The van der Waals surface area contributed by atoms with Gasteiger partial charge in [0.25, 0.3) is 0 Å². The van der Waals surface area contributed by atoms with Crippen LogP contribution in [0.4, 0.5) is 0 Å². The summed E-state index contributed by atoms with van der Waals surface area (Å²) in [4.78, 5) is 6.77. The van der Waals surface area contributed by atoms with E-state index in [-0.39, 0.29) is 0 Å². The third kappa shape index (κ3) is 2.68. The van der Waals surface area contributed by atoms with Gasteiger partial charge in [0.15, 0.2) is 0 Å². The van der Waals surface area contributed by atoms with Crippen molar-refractivity contribution in [1.29, 1.82) is 0 Å². The minimum atomic E-state index is 0.430. The molecular weight excluding hydrogens is 236 g/mol. The summed E-state index contributed by atoms with van der Waals surface area (Å²) in [5.74, 6) is 0.579. The Morgan fingerprint density at radius 2 is 2.32 bits per heavy atom. The van der Waals surface area contributed by atoms with Crippen LogP contribution < -0.4 is 0 Å². The Bertz CT molecular complexity index is 494. The minimum absolute atomic E-state index is 0.430. The molecule has 2 aromatic rings. The van der Waals surface area contributed by atoms with E-state index in [2.05, 4.69) is 39.1 Å². The topological polar surface area (TPSA) is 44.8 Å². The molecule has 0 spiro atoms. The third-order valence-electron chi connectivity index (χ3n) is 4.13. The number of rotatable bonds is 3. The average molecular weight is 256 g/mol. The van der Waals surface area contributed by atoms with Gasteiger partial charge in [0.1, 0.15) is 0 Å². The maximum Gasteiger partial charge on any atom is 0.0490 e. The van der Waals surface area contributed by atoms with Gasteiger partial charge in [-0.2, -0.15) is 5.10 Å². The number of aromatic nitrogens is 3. The van der Waals surface area contributed by atoms with Crippen molar-refractivity contribution in [3.8, 4) is 0 Å². The van der Waals surface area contributed by atoms with Gasteiger partial charge in [-0.25, -0.2) is 0 Å². The van der Waals surface area contributed by atoms with Crippen molar-refractivity contribution in [3.63, 3.8) is 0 Å². The number of piperidine rings is 1. The second kappa shape index (κ2) is 5.53. The molecule has 1 saturated heterocycles. The summed E-state index contributed by atoms with van der Waals surface area (Å²) < 4.78 is 0. The second-order valence-corrected chi connectivity index (χ2v) is 5.31. The fourth-order valence-corrected chi connectivity index (χ4v) is 2.94. The van der Waals surface area contributed by atoms with Crippen molar-refractivity contribution in [2.24, 2.45) is 0 Å². The van der Waals surface area contributed by atoms with Crippen LogP contribution in [0, 0.1) is 0 Å². The molecule has 19 heavy (non-hydrogen) atoms. The first-order valence-corrected chi connectivity index (χ1v) is 6.98. The molecule has 0 aliphatic carbocycles. The normalized spacial score (nSPS) is 22.3. The highest BCUT2D eigenvalue weighted by Crippen LogP contribution is 2.30. The first kappa shape index (κ1) is 12.4. The lowest BCUT2D eigenvalue weighted by Crippen LogP contribution is -2.36. The Kier molecular flexibility index (Phi) is 3.60. The quantitative estimate of drug-likeness (QED) is 0.918. The fourth-order valence-electron chi connectivity index (χ4n) is 2.94. The zero-order valence-corrected chi connectivity index (χ0v) is 11.3. The number of aromatic amines is 1. The number of H-pyrrole nitrogens is 1. The van der Waals surface area contributed by atoms with Crippen LogP contribution in [0.2, 0.25) is 0 Å². The van der Waals surface area contributed by atoms with Gasteiger partial charge in [0.05, 0.1) is 0 Å². The lowest BCUT2D eigenvalue weighted by Gasteiger charge is -2.36. The van der Waals surface area contributed by atoms with Crippen molar-refractivity contribution in [2.75, 3.05) is 13.1 Å². The van der Waals surface area contributed by atoms with Gasteiger partial charge in [-0.3, -0.25) is 15.0 Å². The molecule has 0 saturated carbocycles. The van der Waals surface area contributed by atoms with Crippen LogP contribution in [0.15, 0.2) is 36.8 Å². The van der Waals surface area contributed by atoms with Gasteiger partial charge in [-0.1, -0.05) is 6.07 Å². The van der Waals surface area contributed by atoms with E-state index in [0.29, 0.717) is 12.0 Å². The average Bonchev–Trinajstić information content (AvgIpc) is 3.02. The SMILES string of the molecule is C[C@@H](c1cccnc1)N1CCC[C@H](c2ccn[nH]2)C1. The summed E-state index contributed by atoms with van der Waals surface area (Å²) in [6.45, 7) is 4.53. The summed E-state index contributed by atoms with van der Waals surface area (Å²) >= 11 is 0. The highest BCUT2D eigenvalue weighted by molar-refractivity contribution is 5.14. The number of nitrogens with zero attached hydrogens (tertiary/aromatic N) is 3. The van der Waals surface area contributed by atoms with Gasteiger partial charge >= 0.3 is 0 Å². The molecule has 3 heterocycles. The Labute approximate surface area is 113 Å². The predicted molar refractivity (Wildman–Crippen MR) is 74.8 cm³/mol. The lowest BCUT2D eigenvalue weighted by atomic mass is 9.93. The first-order chi connectivity index (χ1) is 9.34. The highest BCUT2D eigenvalue weighted by atomic mass is 15.2. The van der Waals surface area contributed by atoms with Crippen LogP contribution in [-0.2, 0) is 0 Å². The van der Waals surface area contributed by atoms with Gasteiger partial charge in [-0.05, 0) is 44.0 Å². The Balaban J connectivity index is 1.71. The van der Waals surface area contributed by atoms with E-state index in [1.165, 1.54) is 30.6 Å². The van der Waals surface area contributed by atoms with E-state index in [1.54, 1.807) is 0 Å². The third-order valence-corrected chi connectivity index (χ3v) is 4.13. The summed E-state index contributed by atoms with van der Waals surface area (Å²) in [5.41, 5.74) is 2.57. The van der Waals surface area contributed by atoms with Crippen LogP contribution in [0.3, 0.4) is 0 Å². The largest absolute Gasteiger partial charge is 0.296 e. The molecular formula is C15H20N4. The van der Waals surface area contributed by atoms with Gasteiger partial charge in [-0.15, -0.1) is 0 Å². The summed E-state index contributed by atoms with van der Waals surface area (Å²) in [6, 6.07) is 6.71. The van der Waals surface area contributed by atoms with Crippen molar-refractivity contribution in [3.05, 3.63) is 48.0 Å². The van der Waals surface area contributed by atoms with E-state index in [1.807, 2.05) is 24.7 Å². The van der Waals surface area contributed by atoms with E-state index in [4.69, 9.17) is 0 Å². The Morgan fingerprint density at radius 1 is 1.37 bits per heavy atom. The van der Waals surface area contributed by atoms with E-state index >= 15 is 0 Å². The van der Waals surface area contributed by atoms with Crippen molar-refractivity contribution in [1.82, 2.24) is 20.1 Å². The molecule has 4 nitrogen and oxygen atoms in total. The maximum absolute atomic E-state index is 4.23. The maximum atomic E-state index is 4.23. The Morgan fingerprint density at radius 3 is 3.05 bits per heavy atom. The number of nitrogens with one attached hydrogen (secondary N) is 1. The first-order valence-electron chi connectivity index (χ1n) is 6.98. The lowest BCUT2D eigenvalue weighted by molar-refractivity contribution is 0.157. The number of hydrogen-bond acceptors (Lipinski definition) is 3. The van der Waals surface area contributed by atoms with E-state index in [9.17, 15) is 0 Å². The van der Waals surface area contributed by atoms with Crippen LogP contribution in [0.25, 0.3) is 0 Å². The van der Waals surface area contributed by atoms with Crippen LogP contribution >= 0.6 is 0 Å². The van der Waals surface area contributed by atoms with Crippen LogP contribution in [0.1, 0.15) is 43.0 Å². The number of likely N-dealkylation sites (tertiary alicyclic amines) is 1. The summed E-state index contributed by atoms with van der Waals surface area (Å²) in [6.07, 6.45) is 8.15. The zero-order valence-electron chi connectivity index (χ0n) is 11.3. The number of pyridine rings is 1. The summed E-state index contributed by atoms with van der Waals surface area (Å²) in [5, 5.41) is 7.19. The molecule has 1 aliphatic heterocycles.